The minimum atomic E-state index is -1.14. The monoisotopic (exact) mass is 391 g/mol. The number of rotatable bonds is 8. The summed E-state index contributed by atoms with van der Waals surface area (Å²) in [5.41, 5.74) is 6.12. The molecule has 0 saturated carbocycles. The number of carbonyl (C=O) groups excluding carboxylic acids is 1. The molecule has 0 aliphatic carbocycles. The molecule has 2 aromatic carbocycles. The molecule has 0 bridgehead atoms. The second-order valence-electron chi connectivity index (χ2n) is 7.34. The number of carboxylic acid groups (broad SMARTS) is 1. The molecule has 0 aliphatic heterocycles. The number of hydrogen-bond donors (Lipinski definition) is 1. The number of benzene rings is 2. The van der Waals surface area contributed by atoms with Crippen LogP contribution in [0.15, 0.2) is 48.5 Å². The van der Waals surface area contributed by atoms with Crippen LogP contribution in [0.3, 0.4) is 0 Å². The van der Waals surface area contributed by atoms with Gasteiger partial charge in [0.25, 0.3) is 0 Å². The Bertz CT molecular complexity index is 1020. The number of carbonyl (C=O) groups is 1. The summed E-state index contributed by atoms with van der Waals surface area (Å²) in [7, 11) is 1.64. The van der Waals surface area contributed by atoms with Gasteiger partial charge in [-0.15, -0.1) is 0 Å². The molecule has 3 rings (SSSR count). The quantitative estimate of drug-likeness (QED) is 0.641. The first-order chi connectivity index (χ1) is 13.9. The first kappa shape index (κ1) is 20.7. The van der Waals surface area contributed by atoms with E-state index in [1.807, 2.05) is 48.7 Å². The van der Waals surface area contributed by atoms with Gasteiger partial charge in [0.2, 0.25) is 0 Å². The largest absolute Gasteiger partial charge is 0.545 e. The summed E-state index contributed by atoms with van der Waals surface area (Å²) >= 11 is 0. The van der Waals surface area contributed by atoms with Crippen LogP contribution in [0.5, 0.6) is 5.75 Å². The van der Waals surface area contributed by atoms with Crippen LogP contribution in [-0.4, -0.2) is 17.6 Å². The van der Waals surface area contributed by atoms with Gasteiger partial charge in [0.05, 0.1) is 13.1 Å². The zero-order chi connectivity index (χ0) is 21.0. The number of nitrogens with zero attached hydrogens (tertiary/aromatic N) is 1. The van der Waals surface area contributed by atoms with Crippen molar-refractivity contribution in [2.75, 3.05) is 7.11 Å². The third kappa shape index (κ3) is 4.69. The Balaban J connectivity index is 1.84. The maximum atomic E-state index is 11.9. The average Bonchev–Trinajstić information content (AvgIpc) is 2.93. The third-order valence-electron chi connectivity index (χ3n) is 5.30. The van der Waals surface area contributed by atoms with Gasteiger partial charge in [0, 0.05) is 36.6 Å². The molecular weight excluding hydrogens is 364 g/mol. The van der Waals surface area contributed by atoms with Gasteiger partial charge in [-0.25, -0.2) is 0 Å². The van der Waals surface area contributed by atoms with Crippen LogP contribution in [0.1, 0.15) is 44.0 Å². The van der Waals surface area contributed by atoms with Crippen molar-refractivity contribution in [2.24, 2.45) is 0 Å². The van der Waals surface area contributed by atoms with Gasteiger partial charge in [-0.3, -0.25) is 0 Å². The highest BCUT2D eigenvalue weighted by Crippen LogP contribution is 2.24. The van der Waals surface area contributed by atoms with Crippen molar-refractivity contribution in [2.45, 2.75) is 40.4 Å². The number of ether oxygens (including phenoxy) is 1. The van der Waals surface area contributed by atoms with Crippen molar-refractivity contribution in [1.29, 1.82) is 0 Å². The van der Waals surface area contributed by atoms with E-state index in [2.05, 4.69) is 30.4 Å². The number of aromatic carboxylic acids is 1. The first-order valence-corrected chi connectivity index (χ1v) is 9.69. The van der Waals surface area contributed by atoms with E-state index in [9.17, 15) is 9.90 Å². The summed E-state index contributed by atoms with van der Waals surface area (Å²) in [5, 5.41) is 15.2. The van der Waals surface area contributed by atoms with Crippen molar-refractivity contribution in [3.63, 3.8) is 0 Å². The van der Waals surface area contributed by atoms with Crippen LogP contribution < -0.4 is 15.2 Å². The highest BCUT2D eigenvalue weighted by atomic mass is 16.5. The molecule has 0 fully saturated rings. The molecule has 0 radical (unpaired) electrons. The van der Waals surface area contributed by atoms with Gasteiger partial charge in [-0.2, -0.15) is 0 Å². The number of aromatic nitrogens is 1. The summed E-state index contributed by atoms with van der Waals surface area (Å²) in [5.74, 6) is -0.354. The van der Waals surface area contributed by atoms with Crippen LogP contribution in [0.2, 0.25) is 0 Å². The number of hydrogen-bond acceptors (Lipinski definition) is 4. The Hall–Kier alpha value is -3.05. The van der Waals surface area contributed by atoms with Gasteiger partial charge in [0.15, 0.2) is 0 Å². The Kier molecular flexibility index (Phi) is 6.39. The van der Waals surface area contributed by atoms with E-state index in [1.165, 1.54) is 11.1 Å². The minimum absolute atomic E-state index is 0.280. The van der Waals surface area contributed by atoms with Crippen LogP contribution in [0, 0.1) is 20.8 Å². The third-order valence-corrected chi connectivity index (χ3v) is 5.30. The SMILES string of the molecule is COc1cccc(Cn2c(C)c(CNCc3cccc(C)c3)c(C(=O)[O-])c2C)c1. The van der Waals surface area contributed by atoms with Crippen LogP contribution in [-0.2, 0) is 19.6 Å². The molecule has 0 spiro atoms. The van der Waals surface area contributed by atoms with E-state index < -0.39 is 5.97 Å². The molecule has 1 heterocycles. The summed E-state index contributed by atoms with van der Waals surface area (Å²) < 4.78 is 7.33. The molecule has 5 heteroatoms. The minimum Gasteiger partial charge on any atom is -0.545 e. The Morgan fingerprint density at radius 3 is 2.41 bits per heavy atom. The lowest BCUT2D eigenvalue weighted by Crippen LogP contribution is -2.25. The fourth-order valence-corrected chi connectivity index (χ4v) is 3.78. The second-order valence-corrected chi connectivity index (χ2v) is 7.34. The Morgan fingerprint density at radius 1 is 1.00 bits per heavy atom. The lowest BCUT2D eigenvalue weighted by Gasteiger charge is -2.11. The van der Waals surface area contributed by atoms with Crippen molar-refractivity contribution >= 4 is 5.97 Å². The van der Waals surface area contributed by atoms with E-state index in [0.717, 1.165) is 22.6 Å². The summed E-state index contributed by atoms with van der Waals surface area (Å²) in [6, 6.07) is 16.1. The molecule has 1 N–H and O–H groups in total. The van der Waals surface area contributed by atoms with Gasteiger partial charge in [0.1, 0.15) is 5.75 Å². The molecular formula is C24H27N2O3-. The molecule has 0 amide bonds. The predicted molar refractivity (Wildman–Crippen MR) is 112 cm³/mol. The van der Waals surface area contributed by atoms with E-state index >= 15 is 0 Å². The van der Waals surface area contributed by atoms with Gasteiger partial charge < -0.3 is 24.5 Å². The highest BCUT2D eigenvalue weighted by Gasteiger charge is 2.18. The second kappa shape index (κ2) is 8.97. The summed E-state index contributed by atoms with van der Waals surface area (Å²) in [4.78, 5) is 11.9. The van der Waals surface area contributed by atoms with E-state index in [0.29, 0.717) is 25.3 Å². The van der Waals surface area contributed by atoms with Gasteiger partial charge in [-0.1, -0.05) is 42.0 Å². The fourth-order valence-electron chi connectivity index (χ4n) is 3.78. The Labute approximate surface area is 172 Å². The molecule has 3 aromatic rings. The van der Waals surface area contributed by atoms with Crippen LogP contribution in [0.25, 0.3) is 0 Å². The molecule has 1 aromatic heterocycles. The van der Waals surface area contributed by atoms with Gasteiger partial charge in [-0.05, 0) is 49.6 Å². The van der Waals surface area contributed by atoms with Crippen molar-refractivity contribution < 1.29 is 14.6 Å². The van der Waals surface area contributed by atoms with E-state index in [-0.39, 0.29) is 5.56 Å². The van der Waals surface area contributed by atoms with Crippen LogP contribution in [0.4, 0.5) is 0 Å². The standard InChI is InChI=1S/C24H28N2O3/c1-16-7-5-8-19(11-16)13-25-14-22-17(2)26(18(3)23(22)24(27)28)15-20-9-6-10-21(12-20)29-4/h5-12,25H,13-15H2,1-4H3,(H,27,28)/p-1. The maximum absolute atomic E-state index is 11.9. The van der Waals surface area contributed by atoms with Gasteiger partial charge >= 0.3 is 0 Å². The predicted octanol–water partition coefficient (Wildman–Crippen LogP) is 3.12. The summed E-state index contributed by atoms with van der Waals surface area (Å²) in [6.45, 7) is 7.57. The summed E-state index contributed by atoms with van der Waals surface area (Å²) in [6.07, 6.45) is 0. The molecule has 152 valence electrons. The zero-order valence-corrected chi connectivity index (χ0v) is 17.4. The highest BCUT2D eigenvalue weighted by molar-refractivity contribution is 5.89. The van der Waals surface area contributed by atoms with Crippen molar-refractivity contribution in [1.82, 2.24) is 9.88 Å². The maximum Gasteiger partial charge on any atom is 0.119 e. The molecule has 0 atom stereocenters. The van der Waals surface area contributed by atoms with Crippen LogP contribution >= 0.6 is 0 Å². The zero-order valence-electron chi connectivity index (χ0n) is 17.4. The lowest BCUT2D eigenvalue weighted by molar-refractivity contribution is -0.255. The normalized spacial score (nSPS) is 10.9. The first-order valence-electron chi connectivity index (χ1n) is 9.69. The molecule has 0 aliphatic rings. The molecule has 29 heavy (non-hydrogen) atoms. The fraction of sp³-hybridized carbons (Fsp3) is 0.292. The van der Waals surface area contributed by atoms with E-state index in [4.69, 9.17) is 4.74 Å². The number of methoxy groups -OCH3 is 1. The number of aryl methyl sites for hydroxylation is 1. The molecule has 5 nitrogen and oxygen atoms in total. The smallest absolute Gasteiger partial charge is 0.119 e. The molecule has 0 unspecified atom stereocenters. The van der Waals surface area contributed by atoms with E-state index in [1.54, 1.807) is 7.11 Å². The lowest BCUT2D eigenvalue weighted by atomic mass is 10.1. The van der Waals surface area contributed by atoms with Crippen molar-refractivity contribution in [3.05, 3.63) is 87.7 Å². The average molecular weight is 391 g/mol. The van der Waals surface area contributed by atoms with Crippen molar-refractivity contribution in [3.8, 4) is 5.75 Å². The number of carboxylic acids is 1. The Morgan fingerprint density at radius 2 is 1.72 bits per heavy atom. The molecule has 0 saturated heterocycles. The topological polar surface area (TPSA) is 66.3 Å². The number of nitrogens with one attached hydrogen (secondary N) is 1.